The average Bonchev–Trinajstić information content (AvgIpc) is 2.99. The van der Waals surface area contributed by atoms with E-state index in [1.54, 1.807) is 4.68 Å². The van der Waals surface area contributed by atoms with Gasteiger partial charge in [-0.3, -0.25) is 9.48 Å². The highest BCUT2D eigenvalue weighted by Crippen LogP contribution is 2.32. The summed E-state index contributed by atoms with van der Waals surface area (Å²) in [5, 5.41) is 23.6. The molecule has 0 aromatic carbocycles. The average molecular weight is 311 g/mol. The van der Waals surface area contributed by atoms with E-state index in [2.05, 4.69) is 18.9 Å². The minimum atomic E-state index is -0.158. The van der Waals surface area contributed by atoms with E-state index in [1.807, 2.05) is 13.1 Å². The summed E-state index contributed by atoms with van der Waals surface area (Å²) in [6, 6.07) is 1.87. The van der Waals surface area contributed by atoms with E-state index in [9.17, 15) is 4.79 Å². The van der Waals surface area contributed by atoms with Crippen LogP contribution >= 0.6 is 11.3 Å². The van der Waals surface area contributed by atoms with Gasteiger partial charge < -0.3 is 15.1 Å². The standard InChI is InChI=1S/C14H21N3O3S/c1-9(2)12-10-8-11(21-14(10)16(3)15-12)13(20)17(4-6-18)5-7-19/h8-9,18-19H,4-7H2,1-3H3. The van der Waals surface area contributed by atoms with Gasteiger partial charge in [0, 0.05) is 25.5 Å². The zero-order valence-electron chi connectivity index (χ0n) is 12.5. The number of rotatable bonds is 6. The fourth-order valence-electron chi connectivity index (χ4n) is 2.31. The third-order valence-corrected chi connectivity index (χ3v) is 4.51. The zero-order valence-corrected chi connectivity index (χ0v) is 13.4. The van der Waals surface area contributed by atoms with Crippen LogP contribution in [0.1, 0.15) is 35.1 Å². The van der Waals surface area contributed by atoms with E-state index in [1.165, 1.54) is 16.2 Å². The van der Waals surface area contributed by atoms with Gasteiger partial charge in [-0.2, -0.15) is 5.10 Å². The van der Waals surface area contributed by atoms with Gasteiger partial charge in [-0.25, -0.2) is 0 Å². The number of aryl methyl sites for hydroxylation is 1. The van der Waals surface area contributed by atoms with Crippen LogP contribution in [-0.2, 0) is 7.05 Å². The first-order chi connectivity index (χ1) is 9.99. The Kier molecular flexibility index (Phi) is 4.97. The Labute approximate surface area is 127 Å². The lowest BCUT2D eigenvalue weighted by Gasteiger charge is -2.19. The lowest BCUT2D eigenvalue weighted by atomic mass is 10.1. The summed E-state index contributed by atoms with van der Waals surface area (Å²) in [7, 11) is 1.87. The minimum Gasteiger partial charge on any atom is -0.395 e. The molecule has 0 aliphatic rings. The van der Waals surface area contributed by atoms with Crippen molar-refractivity contribution in [1.82, 2.24) is 14.7 Å². The van der Waals surface area contributed by atoms with Crippen LogP contribution in [0.2, 0.25) is 0 Å². The van der Waals surface area contributed by atoms with Gasteiger partial charge in [0.25, 0.3) is 5.91 Å². The van der Waals surface area contributed by atoms with Crippen LogP contribution in [0, 0.1) is 0 Å². The lowest BCUT2D eigenvalue weighted by Crippen LogP contribution is -2.35. The first-order valence-electron chi connectivity index (χ1n) is 6.97. The number of aromatic nitrogens is 2. The largest absolute Gasteiger partial charge is 0.395 e. The van der Waals surface area contributed by atoms with Gasteiger partial charge in [0.2, 0.25) is 0 Å². The maximum Gasteiger partial charge on any atom is 0.264 e. The Hall–Kier alpha value is -1.44. The molecule has 2 aromatic heterocycles. The summed E-state index contributed by atoms with van der Waals surface area (Å²) in [6.45, 7) is 4.37. The third-order valence-electron chi connectivity index (χ3n) is 3.32. The second kappa shape index (κ2) is 6.55. The summed E-state index contributed by atoms with van der Waals surface area (Å²) in [5.74, 6) is 0.131. The highest BCUT2D eigenvalue weighted by atomic mass is 32.1. The second-order valence-corrected chi connectivity index (χ2v) is 6.26. The molecule has 0 saturated carbocycles. The fourth-order valence-corrected chi connectivity index (χ4v) is 3.36. The molecule has 2 rings (SSSR count). The van der Waals surface area contributed by atoms with Gasteiger partial charge in [-0.15, -0.1) is 11.3 Å². The molecule has 0 aliphatic heterocycles. The molecule has 7 heteroatoms. The molecule has 0 bridgehead atoms. The van der Waals surface area contributed by atoms with Crippen molar-refractivity contribution < 1.29 is 15.0 Å². The zero-order chi connectivity index (χ0) is 15.6. The van der Waals surface area contributed by atoms with Gasteiger partial charge in [-0.1, -0.05) is 13.8 Å². The third kappa shape index (κ3) is 3.09. The Balaban J connectivity index is 2.38. The molecule has 6 nitrogen and oxygen atoms in total. The van der Waals surface area contributed by atoms with Crippen LogP contribution in [-0.4, -0.2) is 57.1 Å². The van der Waals surface area contributed by atoms with Crippen molar-refractivity contribution in [2.45, 2.75) is 19.8 Å². The van der Waals surface area contributed by atoms with Crippen LogP contribution < -0.4 is 0 Å². The predicted molar refractivity (Wildman–Crippen MR) is 82.8 cm³/mol. The Morgan fingerprint density at radius 2 is 2.00 bits per heavy atom. The van der Waals surface area contributed by atoms with E-state index in [4.69, 9.17) is 10.2 Å². The van der Waals surface area contributed by atoms with Gasteiger partial charge in [0.05, 0.1) is 23.8 Å². The molecule has 2 N–H and O–H groups in total. The van der Waals surface area contributed by atoms with Crippen LogP contribution in [0.3, 0.4) is 0 Å². The Bertz CT molecular complexity index is 627. The molecule has 0 atom stereocenters. The minimum absolute atomic E-state index is 0.116. The topological polar surface area (TPSA) is 78.6 Å². The number of amides is 1. The number of carbonyl (C=O) groups excluding carboxylic acids is 1. The van der Waals surface area contributed by atoms with E-state index in [0.29, 0.717) is 4.88 Å². The summed E-state index contributed by atoms with van der Waals surface area (Å²) in [5.41, 5.74) is 0.985. The van der Waals surface area contributed by atoms with E-state index in [0.717, 1.165) is 15.9 Å². The normalized spacial score (nSPS) is 11.5. The molecule has 2 aromatic rings. The van der Waals surface area contributed by atoms with Crippen molar-refractivity contribution >= 4 is 27.5 Å². The number of thiophene rings is 1. The molecule has 2 heterocycles. The van der Waals surface area contributed by atoms with Gasteiger partial charge in [0.1, 0.15) is 4.83 Å². The van der Waals surface area contributed by atoms with Crippen LogP contribution in [0.5, 0.6) is 0 Å². The molecular weight excluding hydrogens is 290 g/mol. The van der Waals surface area contributed by atoms with Crippen LogP contribution in [0.25, 0.3) is 10.2 Å². The Morgan fingerprint density at radius 3 is 2.52 bits per heavy atom. The van der Waals surface area contributed by atoms with Gasteiger partial charge in [0.15, 0.2) is 0 Å². The number of hydrogen-bond donors (Lipinski definition) is 2. The summed E-state index contributed by atoms with van der Waals surface area (Å²) < 4.78 is 1.80. The van der Waals surface area contributed by atoms with Crippen molar-refractivity contribution in [3.8, 4) is 0 Å². The molecule has 1 amide bonds. The monoisotopic (exact) mass is 311 g/mol. The van der Waals surface area contributed by atoms with Gasteiger partial charge in [-0.05, 0) is 12.0 Å². The molecule has 21 heavy (non-hydrogen) atoms. The molecule has 0 unspecified atom stereocenters. The van der Waals surface area contributed by atoms with Crippen molar-refractivity contribution in [1.29, 1.82) is 0 Å². The molecule has 0 aliphatic carbocycles. The number of aliphatic hydroxyl groups is 2. The van der Waals surface area contributed by atoms with E-state index in [-0.39, 0.29) is 38.1 Å². The number of nitrogens with zero attached hydrogens (tertiary/aromatic N) is 3. The summed E-state index contributed by atoms with van der Waals surface area (Å²) in [4.78, 5) is 15.5. The lowest BCUT2D eigenvalue weighted by molar-refractivity contribution is 0.0689. The quantitative estimate of drug-likeness (QED) is 0.840. The highest BCUT2D eigenvalue weighted by Gasteiger charge is 2.21. The van der Waals surface area contributed by atoms with Crippen LogP contribution in [0.15, 0.2) is 6.07 Å². The van der Waals surface area contributed by atoms with Crippen molar-refractivity contribution in [3.63, 3.8) is 0 Å². The van der Waals surface area contributed by atoms with E-state index < -0.39 is 0 Å². The van der Waals surface area contributed by atoms with Crippen molar-refractivity contribution in [2.24, 2.45) is 7.05 Å². The molecule has 0 saturated heterocycles. The molecular formula is C14H21N3O3S. The predicted octanol–water partition coefficient (Wildman–Crippen LogP) is 1.19. The number of aliphatic hydroxyl groups excluding tert-OH is 2. The molecule has 0 radical (unpaired) electrons. The second-order valence-electron chi connectivity index (χ2n) is 5.23. The van der Waals surface area contributed by atoms with Gasteiger partial charge >= 0.3 is 0 Å². The fraction of sp³-hybridized carbons (Fsp3) is 0.571. The van der Waals surface area contributed by atoms with E-state index >= 15 is 0 Å². The smallest absolute Gasteiger partial charge is 0.264 e. The Morgan fingerprint density at radius 1 is 1.38 bits per heavy atom. The van der Waals surface area contributed by atoms with Crippen LogP contribution in [0.4, 0.5) is 0 Å². The summed E-state index contributed by atoms with van der Waals surface area (Å²) >= 11 is 1.40. The summed E-state index contributed by atoms with van der Waals surface area (Å²) in [6.07, 6.45) is 0. The highest BCUT2D eigenvalue weighted by molar-refractivity contribution is 7.20. The first-order valence-corrected chi connectivity index (χ1v) is 7.78. The molecule has 0 fully saturated rings. The number of carbonyl (C=O) groups is 1. The maximum atomic E-state index is 12.5. The van der Waals surface area contributed by atoms with Crippen molar-refractivity contribution in [2.75, 3.05) is 26.3 Å². The first kappa shape index (κ1) is 15.9. The number of hydrogen-bond acceptors (Lipinski definition) is 5. The SMILES string of the molecule is CC(C)c1nn(C)c2sc(C(=O)N(CCO)CCO)cc12. The molecule has 116 valence electrons. The van der Waals surface area contributed by atoms with Crippen molar-refractivity contribution in [3.05, 3.63) is 16.6 Å². The maximum absolute atomic E-state index is 12.5. The molecule has 0 spiro atoms. The number of fused-ring (bicyclic) bond motifs is 1.